The van der Waals surface area contributed by atoms with Gasteiger partial charge in [-0.3, -0.25) is 4.79 Å². The highest BCUT2D eigenvalue weighted by atomic mass is 32.2. The third-order valence-electron chi connectivity index (χ3n) is 6.02. The van der Waals surface area contributed by atoms with Crippen molar-refractivity contribution in [2.45, 2.75) is 63.2 Å². The zero-order valence-corrected chi connectivity index (χ0v) is 21.7. The quantitative estimate of drug-likeness (QED) is 0.295. The van der Waals surface area contributed by atoms with Crippen LogP contribution < -0.4 is 10.1 Å². The maximum atomic E-state index is 13.3. The Balaban J connectivity index is 1.60. The minimum absolute atomic E-state index is 0.128. The molecule has 0 saturated heterocycles. The first kappa shape index (κ1) is 24.5. The van der Waals surface area contributed by atoms with Gasteiger partial charge in [-0.15, -0.1) is 11.3 Å². The van der Waals surface area contributed by atoms with E-state index >= 15 is 0 Å². The summed E-state index contributed by atoms with van der Waals surface area (Å²) >= 11 is 2.95. The van der Waals surface area contributed by atoms with Crippen LogP contribution in [-0.4, -0.2) is 35.8 Å². The van der Waals surface area contributed by atoms with E-state index < -0.39 is 0 Å². The number of thioether (sulfide) groups is 1. The van der Waals surface area contributed by atoms with Crippen LogP contribution in [-0.2, 0) is 22.4 Å². The Kier molecular flexibility index (Phi) is 7.78. The predicted molar refractivity (Wildman–Crippen MR) is 139 cm³/mol. The topological polar surface area (TPSA) is 77.5 Å². The Morgan fingerprint density at radius 1 is 1.24 bits per heavy atom. The van der Waals surface area contributed by atoms with Crippen molar-refractivity contribution in [1.82, 2.24) is 4.98 Å². The minimum atomic E-state index is -0.353. The van der Waals surface area contributed by atoms with E-state index in [0.29, 0.717) is 29.3 Å². The summed E-state index contributed by atoms with van der Waals surface area (Å²) in [5.74, 6) is 0.233. The number of fused-ring (bicyclic) bond motifs is 2. The molecule has 0 bridgehead atoms. The highest BCUT2D eigenvalue weighted by Gasteiger charge is 2.29. The number of benzene rings is 1. The van der Waals surface area contributed by atoms with Crippen LogP contribution in [0.3, 0.4) is 0 Å². The van der Waals surface area contributed by atoms with E-state index in [1.54, 1.807) is 14.0 Å². The van der Waals surface area contributed by atoms with Crippen LogP contribution >= 0.6 is 23.1 Å². The lowest BCUT2D eigenvalue weighted by Gasteiger charge is -2.16. The number of carbonyl (C=O) groups is 2. The van der Waals surface area contributed by atoms with E-state index in [1.807, 2.05) is 38.1 Å². The van der Waals surface area contributed by atoms with Crippen LogP contribution in [0.5, 0.6) is 5.75 Å². The average Bonchev–Trinajstić information content (AvgIpc) is 3.20. The van der Waals surface area contributed by atoms with Gasteiger partial charge in [0.05, 0.1) is 29.6 Å². The number of ether oxygens (including phenoxy) is 2. The molecule has 6 nitrogen and oxygen atoms in total. The number of aromatic nitrogens is 1. The number of amides is 1. The summed E-state index contributed by atoms with van der Waals surface area (Å²) in [7, 11) is 1.63. The van der Waals surface area contributed by atoms with Crippen molar-refractivity contribution in [3.8, 4) is 5.75 Å². The second-order valence-electron chi connectivity index (χ2n) is 8.27. The average molecular weight is 499 g/mol. The molecular weight excluding hydrogens is 468 g/mol. The molecule has 34 heavy (non-hydrogen) atoms. The van der Waals surface area contributed by atoms with E-state index in [-0.39, 0.29) is 17.1 Å². The van der Waals surface area contributed by atoms with E-state index in [4.69, 9.17) is 14.5 Å². The van der Waals surface area contributed by atoms with Crippen molar-refractivity contribution in [3.05, 3.63) is 45.8 Å². The van der Waals surface area contributed by atoms with Gasteiger partial charge in [-0.05, 0) is 69.2 Å². The molecule has 1 aromatic carbocycles. The summed E-state index contributed by atoms with van der Waals surface area (Å²) < 4.78 is 10.8. The zero-order valence-electron chi connectivity index (χ0n) is 20.0. The molecule has 8 heteroatoms. The van der Waals surface area contributed by atoms with E-state index in [1.165, 1.54) is 28.0 Å². The fourth-order valence-electron chi connectivity index (χ4n) is 4.32. The number of esters is 1. The SMILES string of the molecule is CCOC(=O)c1c(NC(=O)C(CC)Sc2cc(C)c3cccc(OC)c3n2)sc2c1CCCC2. The van der Waals surface area contributed by atoms with Gasteiger partial charge in [-0.2, -0.15) is 0 Å². The van der Waals surface area contributed by atoms with E-state index in [0.717, 1.165) is 52.7 Å². The van der Waals surface area contributed by atoms with Crippen LogP contribution in [0.25, 0.3) is 10.9 Å². The van der Waals surface area contributed by atoms with Crippen LogP contribution in [0.1, 0.15) is 59.5 Å². The maximum Gasteiger partial charge on any atom is 0.341 e. The first-order valence-electron chi connectivity index (χ1n) is 11.7. The fourth-order valence-corrected chi connectivity index (χ4v) is 6.61. The Hall–Kier alpha value is -2.58. The van der Waals surface area contributed by atoms with Gasteiger partial charge >= 0.3 is 5.97 Å². The molecule has 0 saturated carbocycles. The number of aryl methyl sites for hydroxylation is 2. The first-order valence-corrected chi connectivity index (χ1v) is 13.4. The lowest BCUT2D eigenvalue weighted by molar-refractivity contribution is -0.115. The molecule has 0 spiro atoms. The molecular formula is C26H30N2O4S2. The Labute approximate surface area is 208 Å². The smallest absolute Gasteiger partial charge is 0.341 e. The zero-order chi connectivity index (χ0) is 24.2. The fraction of sp³-hybridized carbons (Fsp3) is 0.423. The molecule has 180 valence electrons. The molecule has 0 aliphatic heterocycles. The second kappa shape index (κ2) is 10.8. The Morgan fingerprint density at radius 3 is 2.76 bits per heavy atom. The van der Waals surface area contributed by atoms with Crippen molar-refractivity contribution in [3.63, 3.8) is 0 Å². The largest absolute Gasteiger partial charge is 0.494 e. The van der Waals surface area contributed by atoms with Gasteiger partial charge < -0.3 is 14.8 Å². The third-order valence-corrected chi connectivity index (χ3v) is 8.51. The van der Waals surface area contributed by atoms with Gasteiger partial charge in [0, 0.05) is 10.3 Å². The van der Waals surface area contributed by atoms with E-state index in [9.17, 15) is 9.59 Å². The third kappa shape index (κ3) is 4.93. The number of carbonyl (C=O) groups excluding carboxylic acids is 2. The summed E-state index contributed by atoms with van der Waals surface area (Å²) in [6.07, 6.45) is 4.57. The summed E-state index contributed by atoms with van der Waals surface area (Å²) in [4.78, 5) is 32.1. The highest BCUT2D eigenvalue weighted by Crippen LogP contribution is 2.39. The van der Waals surface area contributed by atoms with Crippen molar-refractivity contribution < 1.29 is 19.1 Å². The molecule has 1 aliphatic carbocycles. The lowest BCUT2D eigenvalue weighted by Crippen LogP contribution is -2.25. The monoisotopic (exact) mass is 498 g/mol. The summed E-state index contributed by atoms with van der Waals surface area (Å²) in [5.41, 5.74) is 3.46. The summed E-state index contributed by atoms with van der Waals surface area (Å²) in [6, 6.07) is 7.87. The van der Waals surface area contributed by atoms with Crippen LogP contribution in [0.2, 0.25) is 0 Å². The van der Waals surface area contributed by atoms with Gasteiger partial charge in [0.1, 0.15) is 16.3 Å². The van der Waals surface area contributed by atoms with Crippen molar-refractivity contribution in [2.24, 2.45) is 0 Å². The number of nitrogens with zero attached hydrogens (tertiary/aromatic N) is 1. The van der Waals surface area contributed by atoms with Crippen molar-refractivity contribution in [2.75, 3.05) is 19.0 Å². The van der Waals surface area contributed by atoms with Crippen molar-refractivity contribution in [1.29, 1.82) is 0 Å². The maximum absolute atomic E-state index is 13.3. The lowest BCUT2D eigenvalue weighted by atomic mass is 9.95. The first-order chi connectivity index (χ1) is 16.5. The molecule has 1 aliphatic rings. The van der Waals surface area contributed by atoms with E-state index in [2.05, 4.69) is 5.32 Å². The second-order valence-corrected chi connectivity index (χ2v) is 10.6. The van der Waals surface area contributed by atoms with Gasteiger partial charge in [-0.25, -0.2) is 9.78 Å². The Bertz CT molecular complexity index is 1220. The number of methoxy groups -OCH3 is 1. The number of para-hydroxylation sites is 1. The van der Waals surface area contributed by atoms with Gasteiger partial charge in [0.15, 0.2) is 0 Å². The molecule has 0 radical (unpaired) electrons. The van der Waals surface area contributed by atoms with Crippen LogP contribution in [0.4, 0.5) is 5.00 Å². The van der Waals surface area contributed by atoms with Crippen molar-refractivity contribution >= 4 is 50.9 Å². The molecule has 0 fully saturated rings. The number of pyridine rings is 1. The molecule has 4 rings (SSSR count). The summed E-state index contributed by atoms with van der Waals surface area (Å²) in [6.45, 7) is 6.13. The van der Waals surface area contributed by atoms with Crippen LogP contribution in [0.15, 0.2) is 29.3 Å². The van der Waals surface area contributed by atoms with Gasteiger partial charge in [0.25, 0.3) is 0 Å². The number of hydrogen-bond acceptors (Lipinski definition) is 7. The normalized spacial score (nSPS) is 13.9. The molecule has 1 N–H and O–H groups in total. The number of nitrogens with one attached hydrogen (secondary N) is 1. The molecule has 3 aromatic rings. The van der Waals surface area contributed by atoms with Gasteiger partial charge in [0.2, 0.25) is 5.91 Å². The Morgan fingerprint density at radius 2 is 2.03 bits per heavy atom. The highest BCUT2D eigenvalue weighted by molar-refractivity contribution is 8.00. The number of anilines is 1. The molecule has 1 unspecified atom stereocenters. The number of hydrogen-bond donors (Lipinski definition) is 1. The summed E-state index contributed by atoms with van der Waals surface area (Å²) in [5, 5.41) is 5.12. The molecule has 1 atom stereocenters. The number of thiophene rings is 1. The predicted octanol–water partition coefficient (Wildman–Crippen LogP) is 6.18. The molecule has 2 heterocycles. The van der Waals surface area contributed by atoms with Crippen LogP contribution in [0, 0.1) is 6.92 Å². The standard InChI is InChI=1S/C26H30N2O4S2/c1-5-19(33-21-14-15(3)16-11-9-12-18(31-4)23(16)27-21)24(29)28-25-22(26(30)32-6-2)17-10-7-8-13-20(17)34-25/h9,11-12,14,19H,5-8,10,13H2,1-4H3,(H,28,29). The molecule has 2 aromatic heterocycles. The van der Waals surface area contributed by atoms with Gasteiger partial charge in [-0.1, -0.05) is 30.8 Å². The minimum Gasteiger partial charge on any atom is -0.494 e. The molecule has 1 amide bonds. The number of rotatable bonds is 8.